The molecule has 0 amide bonds. The maximum Gasteiger partial charge on any atom is 0.352 e. The van der Waals surface area contributed by atoms with Crippen molar-refractivity contribution in [2.75, 3.05) is 12.3 Å². The maximum atomic E-state index is 12.2. The van der Waals surface area contributed by atoms with Gasteiger partial charge in [-0.15, -0.1) is 0 Å². The number of hydrogen-bond acceptors (Lipinski definition) is 7. The van der Waals surface area contributed by atoms with E-state index in [0.717, 1.165) is 4.57 Å². The predicted octanol–water partition coefficient (Wildman–Crippen LogP) is -2.03. The number of ether oxygens (including phenoxy) is 1. The lowest BCUT2D eigenvalue weighted by Crippen LogP contribution is -2.51. The van der Waals surface area contributed by atoms with Crippen LogP contribution in [0, 0.1) is 0 Å². The molecule has 0 radical (unpaired) electrons. The van der Waals surface area contributed by atoms with Gasteiger partial charge < -0.3 is 30.8 Å². The molecule has 6 N–H and O–H groups in total. The molecule has 0 bridgehead atoms. The molecule has 1 fully saturated rings. The van der Waals surface area contributed by atoms with Crippen LogP contribution in [0.25, 0.3) is 0 Å². The largest absolute Gasteiger partial charge is 0.394 e. The Kier molecular flexibility index (Phi) is 3.49. The fourth-order valence-electron chi connectivity index (χ4n) is 2.72. The smallest absolute Gasteiger partial charge is 0.352 e. The number of nitrogens with zero attached hydrogens (tertiary/aromatic N) is 2. The second-order valence-corrected chi connectivity index (χ2v) is 5.06. The Morgan fingerprint density at radius 2 is 2.23 bits per heavy atom. The van der Waals surface area contributed by atoms with E-state index >= 15 is 0 Å². The lowest BCUT2D eigenvalue weighted by Gasteiger charge is -2.32. The van der Waals surface area contributed by atoms with Gasteiger partial charge in [-0.05, 0) is 18.2 Å². The third kappa shape index (κ3) is 1.95. The van der Waals surface area contributed by atoms with Crippen molar-refractivity contribution >= 4 is 5.82 Å². The van der Waals surface area contributed by atoms with Gasteiger partial charge in [-0.25, -0.2) is 4.79 Å². The zero-order valence-electron chi connectivity index (χ0n) is 11.5. The van der Waals surface area contributed by atoms with Crippen LogP contribution in [0.4, 0.5) is 5.82 Å². The zero-order chi connectivity index (χ0) is 15.9. The number of anilines is 1. The lowest BCUT2D eigenvalue weighted by molar-refractivity contribution is -0.122. The number of nitrogens with one attached hydrogen (secondary N) is 1. The number of nitrogen functional groups attached to an aromatic ring is 1. The van der Waals surface area contributed by atoms with Gasteiger partial charge in [0.25, 0.3) is 0 Å². The van der Waals surface area contributed by atoms with Crippen molar-refractivity contribution in [3.63, 3.8) is 0 Å². The molecule has 3 rings (SSSR count). The van der Waals surface area contributed by atoms with Crippen molar-refractivity contribution in [1.29, 1.82) is 0 Å². The Balaban J connectivity index is 2.24. The summed E-state index contributed by atoms with van der Waals surface area (Å²) in [4.78, 5) is 18.7. The lowest BCUT2D eigenvalue weighted by atomic mass is 9.99. The summed E-state index contributed by atoms with van der Waals surface area (Å²) >= 11 is 0. The second kappa shape index (κ2) is 5.21. The highest BCUT2D eigenvalue weighted by atomic mass is 16.6. The Morgan fingerprint density at radius 1 is 1.45 bits per heavy atom. The highest BCUT2D eigenvalue weighted by Crippen LogP contribution is 2.39. The van der Waals surface area contributed by atoms with E-state index in [1.807, 2.05) is 0 Å². The molecular formula is C13H16N4O5. The molecule has 1 aliphatic rings. The van der Waals surface area contributed by atoms with Crippen molar-refractivity contribution in [1.82, 2.24) is 14.5 Å². The molecule has 9 nitrogen and oxygen atoms in total. The molecule has 4 atom stereocenters. The molecule has 9 heteroatoms. The molecule has 0 aromatic carbocycles. The number of aliphatic hydroxyl groups is 3. The number of nitrogens with two attached hydrogens (primary N) is 1. The van der Waals surface area contributed by atoms with Gasteiger partial charge >= 0.3 is 5.69 Å². The molecule has 1 saturated heterocycles. The summed E-state index contributed by atoms with van der Waals surface area (Å²) in [7, 11) is 0. The summed E-state index contributed by atoms with van der Waals surface area (Å²) in [6, 6.07) is 4.63. The van der Waals surface area contributed by atoms with Gasteiger partial charge in [-0.1, -0.05) is 0 Å². The van der Waals surface area contributed by atoms with Crippen LogP contribution in [0.5, 0.6) is 0 Å². The van der Waals surface area contributed by atoms with E-state index in [-0.39, 0.29) is 5.82 Å². The van der Waals surface area contributed by atoms with Gasteiger partial charge in [-0.3, -0.25) is 4.57 Å². The Hall–Kier alpha value is -2.20. The topological polar surface area (TPSA) is 147 Å². The minimum Gasteiger partial charge on any atom is -0.394 e. The molecule has 1 aliphatic heterocycles. The average molecular weight is 308 g/mol. The van der Waals surface area contributed by atoms with Crippen molar-refractivity contribution in [3.8, 4) is 0 Å². The summed E-state index contributed by atoms with van der Waals surface area (Å²) in [6.07, 6.45) is -1.02. The standard InChI is InChI=1S/C13H16N4O5/c14-9-3-5-17(12(21)16-9)13(8-2-1-4-15-8)11(20)10(19)7(6-18)22-13/h1-5,7,10-11,15,18-20H,6H2,(H2,14,16,21)/t7-,10-,11-,13-/m1/s1. The predicted molar refractivity (Wildman–Crippen MR) is 74.8 cm³/mol. The van der Waals surface area contributed by atoms with E-state index in [1.165, 1.54) is 12.3 Å². The summed E-state index contributed by atoms with van der Waals surface area (Å²) in [5, 5.41) is 29.9. The molecule has 2 aromatic rings. The van der Waals surface area contributed by atoms with Crippen LogP contribution < -0.4 is 11.4 Å². The van der Waals surface area contributed by atoms with Crippen LogP contribution in [0.15, 0.2) is 35.4 Å². The average Bonchev–Trinajstić information content (AvgIpc) is 3.10. The van der Waals surface area contributed by atoms with Crippen molar-refractivity contribution < 1.29 is 20.1 Å². The Morgan fingerprint density at radius 3 is 2.77 bits per heavy atom. The first kappa shape index (κ1) is 14.7. The molecule has 0 spiro atoms. The molecule has 22 heavy (non-hydrogen) atoms. The van der Waals surface area contributed by atoms with Crippen LogP contribution in [0.1, 0.15) is 5.69 Å². The summed E-state index contributed by atoms with van der Waals surface area (Å²) in [6.45, 7) is -0.516. The number of aliphatic hydroxyl groups excluding tert-OH is 3. The van der Waals surface area contributed by atoms with E-state index in [2.05, 4.69) is 9.97 Å². The number of hydrogen-bond donors (Lipinski definition) is 5. The minimum atomic E-state index is -1.73. The van der Waals surface area contributed by atoms with E-state index in [4.69, 9.17) is 10.5 Å². The van der Waals surface area contributed by atoms with Gasteiger partial charge in [0.15, 0.2) is 0 Å². The second-order valence-electron chi connectivity index (χ2n) is 5.06. The Bertz CT molecular complexity index is 715. The maximum absolute atomic E-state index is 12.2. The molecule has 2 aromatic heterocycles. The van der Waals surface area contributed by atoms with Crippen LogP contribution in [0.2, 0.25) is 0 Å². The third-order valence-corrected chi connectivity index (χ3v) is 3.78. The van der Waals surface area contributed by atoms with Crippen molar-refractivity contribution in [2.24, 2.45) is 0 Å². The van der Waals surface area contributed by atoms with E-state index in [1.54, 1.807) is 18.3 Å². The fourth-order valence-corrected chi connectivity index (χ4v) is 2.72. The Labute approximate surface area is 124 Å². The number of aromatic nitrogens is 3. The van der Waals surface area contributed by atoms with Gasteiger partial charge in [0.05, 0.1) is 12.3 Å². The quantitative estimate of drug-likeness (QED) is 0.439. The van der Waals surface area contributed by atoms with Crippen LogP contribution in [-0.4, -0.2) is 54.8 Å². The van der Waals surface area contributed by atoms with Crippen molar-refractivity contribution in [2.45, 2.75) is 24.0 Å². The SMILES string of the molecule is Nc1ccn([C@]2(c3ccc[nH]3)O[C@H](CO)[C@@H](O)[C@H]2O)c(=O)n1. The molecule has 0 aliphatic carbocycles. The third-order valence-electron chi connectivity index (χ3n) is 3.78. The molecule has 118 valence electrons. The fraction of sp³-hybridized carbons (Fsp3) is 0.385. The summed E-state index contributed by atoms with van der Waals surface area (Å²) in [5.74, 6) is 0.0228. The zero-order valence-corrected chi connectivity index (χ0v) is 11.5. The number of rotatable bonds is 3. The molecular weight excluding hydrogens is 292 g/mol. The van der Waals surface area contributed by atoms with Crippen molar-refractivity contribution in [3.05, 3.63) is 46.8 Å². The van der Waals surface area contributed by atoms with Crippen LogP contribution in [0.3, 0.4) is 0 Å². The van der Waals surface area contributed by atoms with Crippen LogP contribution in [-0.2, 0) is 10.5 Å². The molecule has 0 saturated carbocycles. The minimum absolute atomic E-state index is 0.0228. The molecule has 3 heterocycles. The first-order valence-corrected chi connectivity index (χ1v) is 6.65. The number of aromatic amines is 1. The van der Waals surface area contributed by atoms with Gasteiger partial charge in [0.2, 0.25) is 5.72 Å². The van der Waals surface area contributed by atoms with Gasteiger partial charge in [0, 0.05) is 12.4 Å². The summed E-state index contributed by atoms with van der Waals surface area (Å²) < 4.78 is 6.72. The van der Waals surface area contributed by atoms with Gasteiger partial charge in [0.1, 0.15) is 24.1 Å². The first-order chi connectivity index (χ1) is 10.5. The highest BCUT2D eigenvalue weighted by Gasteiger charge is 2.57. The monoisotopic (exact) mass is 308 g/mol. The normalized spacial score (nSPS) is 31.5. The van der Waals surface area contributed by atoms with Crippen LogP contribution >= 0.6 is 0 Å². The van der Waals surface area contributed by atoms with Gasteiger partial charge in [-0.2, -0.15) is 4.98 Å². The summed E-state index contributed by atoms with van der Waals surface area (Å²) in [5.41, 5.74) is 3.34. The molecule has 0 unspecified atom stereocenters. The highest BCUT2D eigenvalue weighted by molar-refractivity contribution is 5.27. The first-order valence-electron chi connectivity index (χ1n) is 6.65. The number of H-pyrrole nitrogens is 1. The van der Waals surface area contributed by atoms with E-state index < -0.39 is 36.3 Å². The van der Waals surface area contributed by atoms with E-state index in [0.29, 0.717) is 5.69 Å². The van der Waals surface area contributed by atoms with E-state index in [9.17, 15) is 20.1 Å².